The van der Waals surface area contributed by atoms with Crippen molar-refractivity contribution in [2.45, 2.75) is 23.8 Å². The topological polar surface area (TPSA) is 86.3 Å². The lowest BCUT2D eigenvalue weighted by atomic mass is 10.0. The van der Waals surface area contributed by atoms with Gasteiger partial charge in [-0.1, -0.05) is 41.9 Å². The molecule has 8 nitrogen and oxygen atoms in total. The number of likely N-dealkylation sites (tertiary alicyclic amines) is 1. The van der Waals surface area contributed by atoms with Gasteiger partial charge < -0.3 is 23.8 Å². The molecule has 3 aromatic carbocycles. The Labute approximate surface area is 229 Å². The summed E-state index contributed by atoms with van der Waals surface area (Å²) >= 11 is 6.28. The number of hydrogen-bond donors (Lipinski definition) is 1. The fourth-order valence-electron chi connectivity index (χ4n) is 4.29. The summed E-state index contributed by atoms with van der Waals surface area (Å²) in [5, 5.41) is 0.254. The predicted octanol–water partition coefficient (Wildman–Crippen LogP) is 5.81. The zero-order valence-corrected chi connectivity index (χ0v) is 22.8. The third kappa shape index (κ3) is 6.63. The Kier molecular flexibility index (Phi) is 8.38. The first kappa shape index (κ1) is 28.7. The monoisotopic (exact) mass is 586 g/mol. The maximum Gasteiger partial charge on any atom is 0.573 e. The molecule has 0 aliphatic carbocycles. The van der Waals surface area contributed by atoms with E-state index in [1.54, 1.807) is 30.3 Å². The van der Waals surface area contributed by atoms with Crippen LogP contribution in [0.25, 0.3) is 11.1 Å². The third-order valence-electron chi connectivity index (χ3n) is 5.98. The van der Waals surface area contributed by atoms with Crippen molar-refractivity contribution in [1.29, 1.82) is 0 Å². The van der Waals surface area contributed by atoms with Crippen LogP contribution < -0.4 is 23.7 Å². The Bertz CT molecular complexity index is 1440. The van der Waals surface area contributed by atoms with Crippen LogP contribution in [-0.2, 0) is 10.0 Å². The summed E-state index contributed by atoms with van der Waals surface area (Å²) in [6.45, 7) is 1.49. The van der Waals surface area contributed by atoms with Gasteiger partial charge in [-0.25, -0.2) is 8.42 Å². The van der Waals surface area contributed by atoms with Crippen LogP contribution in [0, 0.1) is 0 Å². The molecule has 1 atom stereocenters. The summed E-state index contributed by atoms with van der Waals surface area (Å²) < 4.78 is 91.3. The number of nitrogens with zero attached hydrogens (tertiary/aromatic N) is 1. The maximum atomic E-state index is 13.8. The minimum absolute atomic E-state index is 0.0208. The van der Waals surface area contributed by atoms with Crippen molar-refractivity contribution in [3.8, 4) is 34.1 Å². The normalized spacial score (nSPS) is 16.1. The molecule has 4 rings (SSSR count). The molecular weight excluding hydrogens is 561 g/mol. The van der Waals surface area contributed by atoms with E-state index in [0.29, 0.717) is 12.1 Å². The van der Waals surface area contributed by atoms with Gasteiger partial charge in [-0.15, -0.1) is 13.2 Å². The van der Waals surface area contributed by atoms with Gasteiger partial charge in [-0.3, -0.25) is 4.72 Å². The predicted molar refractivity (Wildman–Crippen MR) is 140 cm³/mol. The zero-order chi connectivity index (χ0) is 28.4. The number of rotatable bonds is 9. The smallest absolute Gasteiger partial charge is 0.493 e. The van der Waals surface area contributed by atoms with Crippen LogP contribution in [0.15, 0.2) is 59.5 Å². The minimum Gasteiger partial charge on any atom is -0.493 e. The van der Waals surface area contributed by atoms with E-state index >= 15 is 0 Å². The molecule has 1 saturated heterocycles. The molecule has 210 valence electrons. The van der Waals surface area contributed by atoms with Gasteiger partial charge in [0.25, 0.3) is 10.0 Å². The third-order valence-corrected chi connectivity index (χ3v) is 7.74. The van der Waals surface area contributed by atoms with Crippen molar-refractivity contribution < 1.29 is 40.5 Å². The first-order valence-electron chi connectivity index (χ1n) is 11.7. The average molecular weight is 587 g/mol. The standard InChI is InChI=1S/C26H26ClF3N2O6S/c1-32-12-11-18(15-32)37-21-13-17(9-10-20(21)27)31-39(33,34)25-19(16-7-5-4-6-8-16)14-22(35-2)23(36-3)24(25)38-26(28,29)30/h4-10,13-14,18,31H,11-12,15H2,1-3H3/t18-/m1/s1. The van der Waals surface area contributed by atoms with E-state index in [-0.39, 0.29) is 33.9 Å². The van der Waals surface area contributed by atoms with Crippen LogP contribution in [0.3, 0.4) is 0 Å². The molecule has 1 N–H and O–H groups in total. The highest BCUT2D eigenvalue weighted by Crippen LogP contribution is 2.49. The van der Waals surface area contributed by atoms with Crippen LogP contribution in [0.2, 0.25) is 5.02 Å². The average Bonchev–Trinajstić information content (AvgIpc) is 3.29. The van der Waals surface area contributed by atoms with Gasteiger partial charge in [0.2, 0.25) is 5.75 Å². The molecule has 1 heterocycles. The second-order valence-corrected chi connectivity index (χ2v) is 10.8. The van der Waals surface area contributed by atoms with Crippen molar-refractivity contribution in [2.24, 2.45) is 0 Å². The molecule has 39 heavy (non-hydrogen) atoms. The molecule has 0 unspecified atom stereocenters. The van der Waals surface area contributed by atoms with Gasteiger partial charge in [-0.2, -0.15) is 0 Å². The summed E-state index contributed by atoms with van der Waals surface area (Å²) in [6, 6.07) is 13.5. The maximum absolute atomic E-state index is 13.8. The van der Waals surface area contributed by atoms with Gasteiger partial charge in [0.05, 0.1) is 24.9 Å². The van der Waals surface area contributed by atoms with Crippen LogP contribution >= 0.6 is 11.6 Å². The number of nitrogens with one attached hydrogen (secondary N) is 1. The van der Waals surface area contributed by atoms with Gasteiger partial charge >= 0.3 is 6.36 Å². The van der Waals surface area contributed by atoms with Crippen LogP contribution in [-0.4, -0.2) is 60.1 Å². The number of methoxy groups -OCH3 is 2. The van der Waals surface area contributed by atoms with Crippen molar-refractivity contribution in [3.05, 3.63) is 59.6 Å². The van der Waals surface area contributed by atoms with E-state index in [1.807, 2.05) is 7.05 Å². The fraction of sp³-hybridized carbons (Fsp3) is 0.308. The van der Waals surface area contributed by atoms with Crippen molar-refractivity contribution in [3.63, 3.8) is 0 Å². The Balaban J connectivity index is 1.85. The number of benzene rings is 3. The number of halogens is 4. The van der Waals surface area contributed by atoms with E-state index in [4.69, 9.17) is 25.8 Å². The lowest BCUT2D eigenvalue weighted by Gasteiger charge is -2.22. The summed E-state index contributed by atoms with van der Waals surface area (Å²) in [5.41, 5.74) is 0.225. The number of alkyl halides is 3. The molecule has 0 radical (unpaired) electrons. The minimum atomic E-state index is -5.24. The van der Waals surface area contributed by atoms with Crippen LogP contribution in [0.5, 0.6) is 23.0 Å². The van der Waals surface area contributed by atoms with Gasteiger partial charge in [0.15, 0.2) is 11.5 Å². The van der Waals surface area contributed by atoms with E-state index in [1.165, 1.54) is 31.4 Å². The molecule has 0 amide bonds. The molecule has 3 aromatic rings. The van der Waals surface area contributed by atoms with Crippen molar-refractivity contribution in [1.82, 2.24) is 4.90 Å². The molecule has 1 aliphatic heterocycles. The SMILES string of the molecule is COc1cc(-c2ccccc2)c(S(=O)(=O)Nc2ccc(Cl)c(O[C@@H]3CCN(C)C3)c2)c(OC(F)(F)F)c1OC. The Morgan fingerprint density at radius 1 is 1.00 bits per heavy atom. The largest absolute Gasteiger partial charge is 0.573 e. The fourth-order valence-corrected chi connectivity index (χ4v) is 5.83. The number of ether oxygens (including phenoxy) is 4. The zero-order valence-electron chi connectivity index (χ0n) is 21.2. The molecule has 1 fully saturated rings. The molecular formula is C26H26ClF3N2O6S. The van der Waals surface area contributed by atoms with Crippen LogP contribution in [0.1, 0.15) is 6.42 Å². The lowest BCUT2D eigenvalue weighted by molar-refractivity contribution is -0.276. The molecule has 0 aromatic heterocycles. The van der Waals surface area contributed by atoms with E-state index < -0.39 is 32.8 Å². The van der Waals surface area contributed by atoms with Gasteiger partial charge in [0.1, 0.15) is 16.7 Å². The summed E-state index contributed by atoms with van der Waals surface area (Å²) in [4.78, 5) is 1.29. The van der Waals surface area contributed by atoms with E-state index in [9.17, 15) is 21.6 Å². The quantitative estimate of drug-likeness (QED) is 0.339. The summed E-state index contributed by atoms with van der Waals surface area (Å²) in [7, 11) is -0.492. The molecule has 0 spiro atoms. The highest BCUT2D eigenvalue weighted by atomic mass is 35.5. The lowest BCUT2D eigenvalue weighted by Crippen LogP contribution is -2.23. The first-order chi connectivity index (χ1) is 18.4. The number of hydrogen-bond acceptors (Lipinski definition) is 7. The Morgan fingerprint density at radius 2 is 1.72 bits per heavy atom. The highest BCUT2D eigenvalue weighted by Gasteiger charge is 2.39. The Hall–Kier alpha value is -3.35. The molecule has 1 aliphatic rings. The number of anilines is 1. The van der Waals surface area contributed by atoms with Crippen molar-refractivity contribution >= 4 is 27.3 Å². The van der Waals surface area contributed by atoms with E-state index in [0.717, 1.165) is 20.1 Å². The van der Waals surface area contributed by atoms with Crippen LogP contribution in [0.4, 0.5) is 18.9 Å². The van der Waals surface area contributed by atoms with Gasteiger partial charge in [0, 0.05) is 24.7 Å². The first-order valence-corrected chi connectivity index (χ1v) is 13.6. The highest BCUT2D eigenvalue weighted by molar-refractivity contribution is 7.93. The summed E-state index contributed by atoms with van der Waals surface area (Å²) in [6.07, 6.45) is -4.64. The molecule has 13 heteroatoms. The molecule has 0 bridgehead atoms. The second kappa shape index (κ2) is 11.4. The van der Waals surface area contributed by atoms with Gasteiger partial charge in [-0.05, 0) is 37.2 Å². The Morgan fingerprint density at radius 3 is 2.31 bits per heavy atom. The van der Waals surface area contributed by atoms with Crippen molar-refractivity contribution in [2.75, 3.05) is 39.1 Å². The van der Waals surface area contributed by atoms with E-state index in [2.05, 4.69) is 14.4 Å². The second-order valence-electron chi connectivity index (χ2n) is 8.77. The number of likely N-dealkylation sites (N-methyl/N-ethyl adjacent to an activating group) is 1. The number of sulfonamides is 1. The summed E-state index contributed by atoms with van der Waals surface area (Å²) in [5.74, 6) is -1.53. The molecule has 0 saturated carbocycles.